The summed E-state index contributed by atoms with van der Waals surface area (Å²) in [6.45, 7) is 0. The van der Waals surface area contributed by atoms with Crippen LogP contribution >= 0.6 is 11.3 Å². The van der Waals surface area contributed by atoms with Crippen LogP contribution in [0.25, 0.3) is 21.0 Å². The molecule has 0 saturated carbocycles. The fraction of sp³-hybridized carbons (Fsp3) is 0.100. The van der Waals surface area contributed by atoms with Crippen molar-refractivity contribution in [3.63, 3.8) is 0 Å². The van der Waals surface area contributed by atoms with E-state index >= 15 is 0 Å². The molecule has 3 nitrogen and oxygen atoms in total. The van der Waals surface area contributed by atoms with Crippen LogP contribution in [0, 0.1) is 0 Å². The van der Waals surface area contributed by atoms with Crippen LogP contribution in [0.4, 0.5) is 5.69 Å². The number of benzene rings is 3. The molecule has 118 valence electrons. The first-order valence-electron chi connectivity index (χ1n) is 7.74. The summed E-state index contributed by atoms with van der Waals surface area (Å²) in [6, 6.07) is 19.9. The molecular weight excluding hydrogens is 316 g/mol. The van der Waals surface area contributed by atoms with Gasteiger partial charge in [0.2, 0.25) is 5.78 Å². The number of aromatic nitrogens is 1. The number of hydrogen-bond donors (Lipinski definition) is 0. The van der Waals surface area contributed by atoms with Crippen LogP contribution in [0.15, 0.2) is 60.7 Å². The van der Waals surface area contributed by atoms with Gasteiger partial charge in [-0.2, -0.15) is 0 Å². The maximum absolute atomic E-state index is 12.8. The van der Waals surface area contributed by atoms with E-state index in [1.165, 1.54) is 11.3 Å². The average molecular weight is 332 g/mol. The van der Waals surface area contributed by atoms with E-state index in [9.17, 15) is 4.79 Å². The lowest BCUT2D eigenvalue weighted by Crippen LogP contribution is -2.09. The highest BCUT2D eigenvalue weighted by molar-refractivity contribution is 7.20. The van der Waals surface area contributed by atoms with Gasteiger partial charge < -0.3 is 4.90 Å². The summed E-state index contributed by atoms with van der Waals surface area (Å²) in [6.07, 6.45) is 0. The Hall–Kier alpha value is -2.72. The zero-order valence-corrected chi connectivity index (χ0v) is 14.3. The van der Waals surface area contributed by atoms with Gasteiger partial charge in [-0.05, 0) is 35.7 Å². The molecule has 0 saturated heterocycles. The summed E-state index contributed by atoms with van der Waals surface area (Å²) < 4.78 is 1.04. The van der Waals surface area contributed by atoms with E-state index in [0.29, 0.717) is 10.6 Å². The van der Waals surface area contributed by atoms with Crippen molar-refractivity contribution in [2.45, 2.75) is 0 Å². The predicted octanol–water partition coefficient (Wildman–Crippen LogP) is 4.75. The Kier molecular flexibility index (Phi) is 3.54. The maximum Gasteiger partial charge on any atom is 0.221 e. The van der Waals surface area contributed by atoms with Crippen molar-refractivity contribution in [3.05, 3.63) is 71.2 Å². The zero-order chi connectivity index (χ0) is 16.7. The van der Waals surface area contributed by atoms with Gasteiger partial charge >= 0.3 is 0 Å². The maximum atomic E-state index is 12.8. The molecule has 0 aliphatic carbocycles. The molecule has 4 heteroatoms. The highest BCUT2D eigenvalue weighted by Gasteiger charge is 2.16. The van der Waals surface area contributed by atoms with Crippen molar-refractivity contribution < 1.29 is 4.79 Å². The third kappa shape index (κ3) is 2.45. The number of rotatable bonds is 3. The standard InChI is InChI=1S/C20H16N2OS/c1-22(2)15-10-7-14(8-11-15)19(23)20-21-18-16-6-4-3-5-13(16)9-12-17(18)24-20/h3-12H,1-2H3. The van der Waals surface area contributed by atoms with E-state index in [-0.39, 0.29) is 5.78 Å². The Bertz CT molecular complexity index is 1050. The second kappa shape index (κ2) is 5.73. The third-order valence-electron chi connectivity index (χ3n) is 4.12. The van der Waals surface area contributed by atoms with Crippen LogP contribution < -0.4 is 4.90 Å². The number of thiazole rings is 1. The molecule has 0 atom stereocenters. The highest BCUT2D eigenvalue weighted by atomic mass is 32.1. The van der Waals surface area contributed by atoms with Gasteiger partial charge in [0.05, 0.1) is 10.2 Å². The summed E-state index contributed by atoms with van der Waals surface area (Å²) in [5.41, 5.74) is 2.65. The molecule has 0 N–H and O–H groups in total. The van der Waals surface area contributed by atoms with Gasteiger partial charge in [-0.3, -0.25) is 4.79 Å². The predicted molar refractivity (Wildman–Crippen MR) is 101 cm³/mol. The zero-order valence-electron chi connectivity index (χ0n) is 13.5. The number of carbonyl (C=O) groups excluding carboxylic acids is 1. The lowest BCUT2D eigenvalue weighted by Gasteiger charge is -2.11. The van der Waals surface area contributed by atoms with E-state index < -0.39 is 0 Å². The van der Waals surface area contributed by atoms with Gasteiger partial charge in [-0.1, -0.05) is 30.3 Å². The number of hydrogen-bond acceptors (Lipinski definition) is 4. The number of nitrogens with zero attached hydrogens (tertiary/aromatic N) is 2. The first kappa shape index (κ1) is 14.8. The summed E-state index contributed by atoms with van der Waals surface area (Å²) in [7, 11) is 3.96. The van der Waals surface area contributed by atoms with E-state index in [1.54, 1.807) is 0 Å². The fourth-order valence-corrected chi connectivity index (χ4v) is 3.74. The van der Waals surface area contributed by atoms with Gasteiger partial charge in [0, 0.05) is 30.7 Å². The van der Waals surface area contributed by atoms with Gasteiger partial charge in [0.15, 0.2) is 5.01 Å². The summed E-state index contributed by atoms with van der Waals surface area (Å²) >= 11 is 1.45. The SMILES string of the molecule is CN(C)c1ccc(C(=O)c2nc3c(ccc4ccccc43)s2)cc1. The molecule has 0 amide bonds. The molecule has 0 aliphatic rings. The molecule has 4 rings (SSSR count). The van der Waals surface area contributed by atoms with Crippen molar-refractivity contribution in [1.82, 2.24) is 4.98 Å². The van der Waals surface area contributed by atoms with E-state index in [4.69, 9.17) is 0 Å². The summed E-state index contributed by atoms with van der Waals surface area (Å²) in [5.74, 6) is -0.0226. The number of ketones is 1. The summed E-state index contributed by atoms with van der Waals surface area (Å²) in [4.78, 5) is 19.4. The molecule has 0 spiro atoms. The van der Waals surface area contributed by atoms with E-state index in [0.717, 1.165) is 26.7 Å². The minimum absolute atomic E-state index is 0.0226. The van der Waals surface area contributed by atoms with Crippen molar-refractivity contribution in [3.8, 4) is 0 Å². The quantitative estimate of drug-likeness (QED) is 0.508. The monoisotopic (exact) mass is 332 g/mol. The second-order valence-electron chi connectivity index (χ2n) is 5.92. The summed E-state index contributed by atoms with van der Waals surface area (Å²) in [5, 5.41) is 2.77. The van der Waals surface area contributed by atoms with Gasteiger partial charge in [-0.15, -0.1) is 11.3 Å². The Labute approximate surface area is 144 Å². The number of fused-ring (bicyclic) bond motifs is 3. The van der Waals surface area contributed by atoms with Crippen LogP contribution in [0.1, 0.15) is 15.4 Å². The molecule has 3 aromatic carbocycles. The van der Waals surface area contributed by atoms with Crippen LogP contribution in [-0.2, 0) is 0 Å². The highest BCUT2D eigenvalue weighted by Crippen LogP contribution is 2.30. The van der Waals surface area contributed by atoms with Gasteiger partial charge in [0.25, 0.3) is 0 Å². The fourth-order valence-electron chi connectivity index (χ4n) is 2.79. The van der Waals surface area contributed by atoms with Crippen molar-refractivity contribution >= 4 is 43.8 Å². The first-order chi connectivity index (χ1) is 11.6. The van der Waals surface area contributed by atoms with Gasteiger partial charge in [0.1, 0.15) is 0 Å². The number of carbonyl (C=O) groups is 1. The molecule has 0 bridgehead atoms. The minimum atomic E-state index is -0.0226. The molecule has 0 fully saturated rings. The Balaban J connectivity index is 1.78. The van der Waals surface area contributed by atoms with E-state index in [1.807, 2.05) is 61.5 Å². The van der Waals surface area contributed by atoms with Crippen molar-refractivity contribution in [2.24, 2.45) is 0 Å². The molecule has 1 heterocycles. The lowest BCUT2D eigenvalue weighted by atomic mass is 10.1. The van der Waals surface area contributed by atoms with Crippen molar-refractivity contribution in [1.29, 1.82) is 0 Å². The minimum Gasteiger partial charge on any atom is -0.378 e. The molecule has 1 aromatic heterocycles. The van der Waals surface area contributed by atoms with Crippen LogP contribution in [0.5, 0.6) is 0 Å². The molecular formula is C20H16N2OS. The number of anilines is 1. The molecule has 0 unspecified atom stereocenters. The van der Waals surface area contributed by atoms with Crippen LogP contribution in [0.2, 0.25) is 0 Å². The Morgan fingerprint density at radius 1 is 0.958 bits per heavy atom. The third-order valence-corrected chi connectivity index (χ3v) is 5.14. The van der Waals surface area contributed by atoms with Crippen LogP contribution in [0.3, 0.4) is 0 Å². The largest absolute Gasteiger partial charge is 0.378 e. The molecule has 0 aliphatic heterocycles. The average Bonchev–Trinajstić information content (AvgIpc) is 3.06. The molecule has 0 radical (unpaired) electrons. The van der Waals surface area contributed by atoms with Crippen molar-refractivity contribution in [2.75, 3.05) is 19.0 Å². The van der Waals surface area contributed by atoms with E-state index in [2.05, 4.69) is 23.2 Å². The smallest absolute Gasteiger partial charge is 0.221 e. The second-order valence-corrected chi connectivity index (χ2v) is 6.95. The van der Waals surface area contributed by atoms with Crippen LogP contribution in [-0.4, -0.2) is 24.9 Å². The molecule has 4 aromatic rings. The molecule has 24 heavy (non-hydrogen) atoms. The van der Waals surface area contributed by atoms with Gasteiger partial charge in [-0.25, -0.2) is 4.98 Å². The normalized spacial score (nSPS) is 11.1. The first-order valence-corrected chi connectivity index (χ1v) is 8.55. The topological polar surface area (TPSA) is 33.2 Å². The lowest BCUT2D eigenvalue weighted by molar-refractivity contribution is 0.103. The Morgan fingerprint density at radius 3 is 2.46 bits per heavy atom. The Morgan fingerprint density at radius 2 is 1.71 bits per heavy atom.